The van der Waals surface area contributed by atoms with Gasteiger partial charge in [-0.25, -0.2) is 0 Å². The van der Waals surface area contributed by atoms with Crippen molar-refractivity contribution in [2.24, 2.45) is 0 Å². The summed E-state index contributed by atoms with van der Waals surface area (Å²) in [6, 6.07) is 0. The van der Waals surface area contributed by atoms with Crippen molar-refractivity contribution in [3.63, 3.8) is 0 Å². The molecule has 0 unspecified atom stereocenters. The topological polar surface area (TPSA) is 101 Å². The van der Waals surface area contributed by atoms with Gasteiger partial charge in [-0.05, 0) is 6.54 Å². The average Bonchev–Trinajstić information content (AvgIpc) is 2.17. The number of carboxylic acid groups (broad SMARTS) is 2. The molecule has 3 N–H and O–H groups in total. The molecule has 0 radical (unpaired) electrons. The van der Waals surface area contributed by atoms with Crippen LogP contribution < -0.4 is 0 Å². The van der Waals surface area contributed by atoms with E-state index in [0.717, 1.165) is 0 Å². The average molecular weight is 234 g/mol. The molecule has 0 rings (SSSR count). The Kier molecular flexibility index (Phi) is 7.44. The smallest absolute Gasteiger partial charge is 0.317 e. The van der Waals surface area contributed by atoms with Gasteiger partial charge in [-0.15, -0.1) is 0 Å². The van der Waals surface area contributed by atoms with Crippen LogP contribution in [0, 0.1) is 0 Å². The maximum Gasteiger partial charge on any atom is 0.317 e. The predicted octanol–water partition coefficient (Wildman–Crippen LogP) is -1.27. The van der Waals surface area contributed by atoms with Crippen LogP contribution in [0.25, 0.3) is 0 Å². The molecule has 0 fully saturated rings. The quantitative estimate of drug-likeness (QED) is 0.427. The van der Waals surface area contributed by atoms with E-state index >= 15 is 0 Å². The van der Waals surface area contributed by atoms with Gasteiger partial charge in [0, 0.05) is 13.1 Å². The fraction of sp³-hybridized carbons (Fsp3) is 0.778. The number of carbonyl (C=O) groups is 2. The van der Waals surface area contributed by atoms with Crippen molar-refractivity contribution in [1.82, 2.24) is 9.80 Å². The highest BCUT2D eigenvalue weighted by molar-refractivity contribution is 5.72. The second-order valence-corrected chi connectivity index (χ2v) is 3.35. The Morgan fingerprint density at radius 1 is 1.00 bits per heavy atom. The third-order valence-corrected chi connectivity index (χ3v) is 2.10. The molecule has 16 heavy (non-hydrogen) atoms. The first-order chi connectivity index (χ1) is 7.49. The number of aliphatic hydroxyl groups excluding tert-OH is 1. The first kappa shape index (κ1) is 14.8. The molecular formula is C9H18N2O5. The van der Waals surface area contributed by atoms with Gasteiger partial charge in [0.1, 0.15) is 0 Å². The van der Waals surface area contributed by atoms with Gasteiger partial charge >= 0.3 is 11.9 Å². The van der Waals surface area contributed by atoms with Gasteiger partial charge in [-0.1, -0.05) is 6.92 Å². The molecule has 0 heterocycles. The Bertz CT molecular complexity index is 214. The highest BCUT2D eigenvalue weighted by Crippen LogP contribution is 1.92. The minimum absolute atomic E-state index is 0.121. The molecular weight excluding hydrogens is 216 g/mol. The third kappa shape index (κ3) is 7.16. The SMILES string of the molecule is CCN(CO)CCN(CC(=O)O)CC(=O)O. The van der Waals surface area contributed by atoms with Crippen LogP contribution in [0.2, 0.25) is 0 Å². The van der Waals surface area contributed by atoms with Crippen LogP contribution in [0.3, 0.4) is 0 Å². The van der Waals surface area contributed by atoms with Crippen molar-refractivity contribution >= 4 is 11.9 Å². The maximum absolute atomic E-state index is 10.5. The molecule has 0 amide bonds. The third-order valence-electron chi connectivity index (χ3n) is 2.10. The number of aliphatic carboxylic acids is 2. The molecule has 94 valence electrons. The van der Waals surface area contributed by atoms with E-state index in [2.05, 4.69) is 0 Å². The standard InChI is InChI=1S/C9H18N2O5/c1-2-10(7-12)3-4-11(5-8(13)14)6-9(15)16/h12H,2-7H2,1H3,(H,13,14)(H,15,16). The molecule has 0 spiro atoms. The largest absolute Gasteiger partial charge is 0.480 e. The van der Waals surface area contributed by atoms with Crippen molar-refractivity contribution in [2.75, 3.05) is 39.5 Å². The van der Waals surface area contributed by atoms with Gasteiger partial charge in [0.25, 0.3) is 0 Å². The second kappa shape index (κ2) is 8.03. The zero-order valence-electron chi connectivity index (χ0n) is 9.30. The number of carboxylic acids is 2. The summed E-state index contributed by atoms with van der Waals surface area (Å²) in [5.41, 5.74) is 0. The molecule has 0 aliphatic carbocycles. The normalized spacial score (nSPS) is 11.0. The van der Waals surface area contributed by atoms with E-state index in [1.807, 2.05) is 6.92 Å². The van der Waals surface area contributed by atoms with Gasteiger partial charge < -0.3 is 15.3 Å². The Hall–Kier alpha value is -1.18. The van der Waals surface area contributed by atoms with E-state index in [0.29, 0.717) is 19.6 Å². The van der Waals surface area contributed by atoms with E-state index in [9.17, 15) is 9.59 Å². The molecule has 7 heteroatoms. The van der Waals surface area contributed by atoms with E-state index in [-0.39, 0.29) is 19.8 Å². The summed E-state index contributed by atoms with van der Waals surface area (Å²) in [6.07, 6.45) is 0. The molecule has 0 saturated heterocycles. The summed E-state index contributed by atoms with van der Waals surface area (Å²) in [5, 5.41) is 26.0. The molecule has 0 bridgehead atoms. The number of rotatable bonds is 9. The number of hydrogen-bond acceptors (Lipinski definition) is 5. The molecule has 0 aliphatic heterocycles. The van der Waals surface area contributed by atoms with Crippen LogP contribution in [0.1, 0.15) is 6.92 Å². The van der Waals surface area contributed by atoms with Crippen LogP contribution in [-0.2, 0) is 9.59 Å². The van der Waals surface area contributed by atoms with Crippen LogP contribution in [0.15, 0.2) is 0 Å². The number of aliphatic hydroxyl groups is 1. The Balaban J connectivity index is 4.09. The van der Waals surface area contributed by atoms with Crippen LogP contribution >= 0.6 is 0 Å². The van der Waals surface area contributed by atoms with Crippen molar-refractivity contribution < 1.29 is 24.9 Å². The van der Waals surface area contributed by atoms with Gasteiger partial charge in [0.15, 0.2) is 0 Å². The minimum Gasteiger partial charge on any atom is -0.480 e. The zero-order chi connectivity index (χ0) is 12.6. The van der Waals surface area contributed by atoms with Crippen molar-refractivity contribution in [1.29, 1.82) is 0 Å². The van der Waals surface area contributed by atoms with E-state index in [1.165, 1.54) is 4.90 Å². The van der Waals surface area contributed by atoms with Crippen LogP contribution in [-0.4, -0.2) is 76.5 Å². The summed E-state index contributed by atoms with van der Waals surface area (Å²) in [4.78, 5) is 23.9. The van der Waals surface area contributed by atoms with Gasteiger partial charge in [0.2, 0.25) is 0 Å². The highest BCUT2D eigenvalue weighted by atomic mass is 16.4. The number of nitrogens with zero attached hydrogens (tertiary/aromatic N) is 2. The summed E-state index contributed by atoms with van der Waals surface area (Å²) in [6.45, 7) is 2.48. The number of likely N-dealkylation sites (N-methyl/N-ethyl adjacent to an activating group) is 1. The molecule has 0 aliphatic rings. The van der Waals surface area contributed by atoms with Gasteiger partial charge in [-0.3, -0.25) is 19.4 Å². The Morgan fingerprint density at radius 3 is 1.75 bits per heavy atom. The molecule has 0 aromatic carbocycles. The van der Waals surface area contributed by atoms with E-state index in [4.69, 9.17) is 15.3 Å². The first-order valence-electron chi connectivity index (χ1n) is 4.98. The van der Waals surface area contributed by atoms with E-state index < -0.39 is 11.9 Å². The van der Waals surface area contributed by atoms with Gasteiger partial charge in [-0.2, -0.15) is 0 Å². The summed E-state index contributed by atoms with van der Waals surface area (Å²) < 4.78 is 0. The highest BCUT2D eigenvalue weighted by Gasteiger charge is 2.14. The van der Waals surface area contributed by atoms with Crippen molar-refractivity contribution in [2.45, 2.75) is 6.92 Å². The lowest BCUT2D eigenvalue weighted by Gasteiger charge is -2.23. The lowest BCUT2D eigenvalue weighted by atomic mass is 10.4. The lowest BCUT2D eigenvalue weighted by Crippen LogP contribution is -2.40. The molecule has 0 aromatic rings. The first-order valence-corrected chi connectivity index (χ1v) is 4.98. The minimum atomic E-state index is -1.06. The predicted molar refractivity (Wildman–Crippen MR) is 56.0 cm³/mol. The Morgan fingerprint density at radius 2 is 1.44 bits per heavy atom. The summed E-state index contributed by atoms with van der Waals surface area (Å²) in [7, 11) is 0. The fourth-order valence-electron chi connectivity index (χ4n) is 1.21. The number of hydrogen-bond donors (Lipinski definition) is 3. The van der Waals surface area contributed by atoms with Crippen molar-refractivity contribution in [3.8, 4) is 0 Å². The second-order valence-electron chi connectivity index (χ2n) is 3.35. The Labute approximate surface area is 93.9 Å². The van der Waals surface area contributed by atoms with Crippen LogP contribution in [0.4, 0.5) is 0 Å². The van der Waals surface area contributed by atoms with Crippen molar-refractivity contribution in [3.05, 3.63) is 0 Å². The van der Waals surface area contributed by atoms with E-state index in [1.54, 1.807) is 4.90 Å². The molecule has 0 atom stereocenters. The monoisotopic (exact) mass is 234 g/mol. The summed E-state index contributed by atoms with van der Waals surface area (Å²) in [5.74, 6) is -2.12. The molecule has 7 nitrogen and oxygen atoms in total. The molecule has 0 aromatic heterocycles. The molecule has 0 saturated carbocycles. The lowest BCUT2D eigenvalue weighted by molar-refractivity contribution is -0.141. The zero-order valence-corrected chi connectivity index (χ0v) is 9.30. The fourth-order valence-corrected chi connectivity index (χ4v) is 1.21. The summed E-state index contributed by atoms with van der Waals surface area (Å²) >= 11 is 0. The maximum atomic E-state index is 10.5. The van der Waals surface area contributed by atoms with Crippen LogP contribution in [0.5, 0.6) is 0 Å². The van der Waals surface area contributed by atoms with Gasteiger partial charge in [0.05, 0.1) is 19.8 Å².